The van der Waals surface area contributed by atoms with Gasteiger partial charge < -0.3 is 13.9 Å². The van der Waals surface area contributed by atoms with Crippen molar-refractivity contribution in [2.75, 3.05) is 0 Å². The molecule has 0 aliphatic heterocycles. The molecule has 5 heteroatoms. The van der Waals surface area contributed by atoms with E-state index in [0.29, 0.717) is 11.0 Å². The Kier molecular flexibility index (Phi) is 2.21. The van der Waals surface area contributed by atoms with Crippen LogP contribution >= 0.6 is 0 Å². The second-order valence-electron chi connectivity index (χ2n) is 4.71. The standard InChI is InChI=1S/C16H8O5/c17-11-7-12(18)20-15-10-6-5-8-3-1-2-4-9(8)14(10)21-16(19)13(11)15/h1-7,17H. The summed E-state index contributed by atoms with van der Waals surface area (Å²) in [6, 6.07) is 11.8. The molecular weight excluding hydrogens is 272 g/mol. The van der Waals surface area contributed by atoms with Crippen molar-refractivity contribution in [2.24, 2.45) is 0 Å². The maximum absolute atomic E-state index is 12.1. The average Bonchev–Trinajstić information content (AvgIpc) is 2.46. The molecule has 0 aliphatic rings. The fourth-order valence-electron chi connectivity index (χ4n) is 2.54. The molecule has 0 unspecified atom stereocenters. The molecular formula is C16H8O5. The quantitative estimate of drug-likeness (QED) is 0.395. The van der Waals surface area contributed by atoms with E-state index in [1.807, 2.05) is 30.3 Å². The SMILES string of the molecule is O=c1cc(O)c2c(=O)oc3c4ccccc4ccc3c2o1. The first-order valence-corrected chi connectivity index (χ1v) is 6.26. The molecule has 0 bridgehead atoms. The van der Waals surface area contributed by atoms with Gasteiger partial charge >= 0.3 is 11.3 Å². The smallest absolute Gasteiger partial charge is 0.351 e. The highest BCUT2D eigenvalue weighted by Gasteiger charge is 2.16. The zero-order valence-corrected chi connectivity index (χ0v) is 10.6. The summed E-state index contributed by atoms with van der Waals surface area (Å²) < 4.78 is 10.4. The third-order valence-electron chi connectivity index (χ3n) is 3.46. The largest absolute Gasteiger partial charge is 0.507 e. The molecule has 0 saturated carbocycles. The fraction of sp³-hybridized carbons (Fsp3) is 0. The van der Waals surface area contributed by atoms with Crippen LogP contribution in [0.5, 0.6) is 5.75 Å². The third kappa shape index (κ3) is 1.57. The van der Waals surface area contributed by atoms with Gasteiger partial charge in [-0.05, 0) is 11.5 Å². The lowest BCUT2D eigenvalue weighted by molar-refractivity contribution is 0.463. The molecule has 2 heterocycles. The van der Waals surface area contributed by atoms with Gasteiger partial charge in [-0.2, -0.15) is 0 Å². The molecule has 0 fully saturated rings. The summed E-state index contributed by atoms with van der Waals surface area (Å²) in [6.07, 6.45) is 0. The number of aromatic hydroxyl groups is 1. The Labute approximate surface area is 116 Å². The summed E-state index contributed by atoms with van der Waals surface area (Å²) in [5.74, 6) is -0.440. The molecule has 0 aliphatic carbocycles. The first-order valence-electron chi connectivity index (χ1n) is 6.26. The van der Waals surface area contributed by atoms with E-state index in [1.165, 1.54) is 0 Å². The summed E-state index contributed by atoms with van der Waals surface area (Å²) in [7, 11) is 0. The van der Waals surface area contributed by atoms with Gasteiger partial charge in [0.15, 0.2) is 5.58 Å². The van der Waals surface area contributed by atoms with Crippen molar-refractivity contribution in [1.29, 1.82) is 0 Å². The van der Waals surface area contributed by atoms with Crippen molar-refractivity contribution in [3.8, 4) is 5.75 Å². The molecule has 0 amide bonds. The minimum absolute atomic E-state index is 0.0389. The molecule has 0 atom stereocenters. The minimum atomic E-state index is -0.741. The lowest BCUT2D eigenvalue weighted by Gasteiger charge is -2.05. The van der Waals surface area contributed by atoms with Crippen LogP contribution in [-0.4, -0.2) is 5.11 Å². The van der Waals surface area contributed by atoms with Crippen LogP contribution in [-0.2, 0) is 0 Å². The Morgan fingerprint density at radius 3 is 2.52 bits per heavy atom. The third-order valence-corrected chi connectivity index (χ3v) is 3.46. The van der Waals surface area contributed by atoms with Crippen molar-refractivity contribution < 1.29 is 13.9 Å². The molecule has 21 heavy (non-hydrogen) atoms. The van der Waals surface area contributed by atoms with Gasteiger partial charge in [0.25, 0.3) is 0 Å². The maximum atomic E-state index is 12.1. The van der Waals surface area contributed by atoms with E-state index in [1.54, 1.807) is 6.07 Å². The van der Waals surface area contributed by atoms with E-state index in [0.717, 1.165) is 16.8 Å². The average molecular weight is 280 g/mol. The summed E-state index contributed by atoms with van der Waals surface area (Å²) >= 11 is 0. The zero-order chi connectivity index (χ0) is 14.6. The van der Waals surface area contributed by atoms with Crippen molar-refractivity contribution >= 4 is 32.7 Å². The first kappa shape index (κ1) is 11.7. The first-order chi connectivity index (χ1) is 10.1. The Balaban J connectivity index is 2.39. The van der Waals surface area contributed by atoms with Gasteiger partial charge in [0.1, 0.15) is 16.7 Å². The van der Waals surface area contributed by atoms with Crippen molar-refractivity contribution in [1.82, 2.24) is 0 Å². The van der Waals surface area contributed by atoms with Crippen LogP contribution in [0.15, 0.2) is 60.9 Å². The minimum Gasteiger partial charge on any atom is -0.507 e. The van der Waals surface area contributed by atoms with E-state index in [-0.39, 0.29) is 11.0 Å². The van der Waals surface area contributed by atoms with Gasteiger partial charge in [-0.15, -0.1) is 0 Å². The number of fused-ring (bicyclic) bond motifs is 5. The van der Waals surface area contributed by atoms with Crippen LogP contribution in [0.3, 0.4) is 0 Å². The Bertz CT molecular complexity index is 1130. The van der Waals surface area contributed by atoms with Crippen LogP contribution in [0, 0.1) is 0 Å². The lowest BCUT2D eigenvalue weighted by Crippen LogP contribution is -2.05. The topological polar surface area (TPSA) is 80.6 Å². The number of benzene rings is 2. The van der Waals surface area contributed by atoms with Gasteiger partial charge in [0.2, 0.25) is 0 Å². The summed E-state index contributed by atoms with van der Waals surface area (Å²) in [5.41, 5.74) is -1.09. The highest BCUT2D eigenvalue weighted by Crippen LogP contribution is 2.31. The molecule has 2 aromatic carbocycles. The van der Waals surface area contributed by atoms with Crippen molar-refractivity contribution in [3.63, 3.8) is 0 Å². The zero-order valence-electron chi connectivity index (χ0n) is 10.6. The second kappa shape index (κ2) is 3.96. The molecule has 0 spiro atoms. The van der Waals surface area contributed by atoms with Crippen molar-refractivity contribution in [3.05, 3.63) is 63.3 Å². The Hall–Kier alpha value is -3.08. The molecule has 4 aromatic rings. The molecule has 5 nitrogen and oxygen atoms in total. The summed E-state index contributed by atoms with van der Waals surface area (Å²) in [4.78, 5) is 23.5. The molecule has 1 N–H and O–H groups in total. The Morgan fingerprint density at radius 1 is 0.857 bits per heavy atom. The van der Waals surface area contributed by atoms with E-state index in [4.69, 9.17) is 8.83 Å². The van der Waals surface area contributed by atoms with Crippen LogP contribution in [0.2, 0.25) is 0 Å². The van der Waals surface area contributed by atoms with Gasteiger partial charge in [0.05, 0.1) is 11.5 Å². The van der Waals surface area contributed by atoms with E-state index < -0.39 is 17.0 Å². The molecule has 0 radical (unpaired) electrons. The van der Waals surface area contributed by atoms with E-state index in [2.05, 4.69) is 0 Å². The fourth-order valence-corrected chi connectivity index (χ4v) is 2.54. The number of hydrogen-bond acceptors (Lipinski definition) is 5. The predicted molar refractivity (Wildman–Crippen MR) is 77.7 cm³/mol. The summed E-state index contributed by atoms with van der Waals surface area (Å²) in [5, 5.41) is 11.8. The summed E-state index contributed by atoms with van der Waals surface area (Å²) in [6.45, 7) is 0. The normalized spacial score (nSPS) is 11.4. The van der Waals surface area contributed by atoms with Gasteiger partial charge in [-0.25, -0.2) is 9.59 Å². The van der Waals surface area contributed by atoms with Crippen LogP contribution in [0.1, 0.15) is 0 Å². The van der Waals surface area contributed by atoms with Crippen LogP contribution in [0.4, 0.5) is 0 Å². The number of rotatable bonds is 0. The van der Waals surface area contributed by atoms with Gasteiger partial charge in [-0.3, -0.25) is 0 Å². The Morgan fingerprint density at radius 2 is 1.67 bits per heavy atom. The highest BCUT2D eigenvalue weighted by molar-refractivity contribution is 6.12. The van der Waals surface area contributed by atoms with E-state index >= 15 is 0 Å². The van der Waals surface area contributed by atoms with Crippen LogP contribution in [0.25, 0.3) is 32.7 Å². The van der Waals surface area contributed by atoms with Gasteiger partial charge in [-0.1, -0.05) is 30.3 Å². The monoisotopic (exact) mass is 280 g/mol. The maximum Gasteiger partial charge on any atom is 0.351 e. The molecule has 102 valence electrons. The predicted octanol–water partition coefficient (Wildman–Crippen LogP) is 2.76. The van der Waals surface area contributed by atoms with Gasteiger partial charge in [0, 0.05) is 5.39 Å². The van der Waals surface area contributed by atoms with E-state index in [9.17, 15) is 14.7 Å². The van der Waals surface area contributed by atoms with Crippen molar-refractivity contribution in [2.45, 2.75) is 0 Å². The number of hydrogen-bond donors (Lipinski definition) is 1. The molecule has 2 aromatic heterocycles. The molecule has 0 saturated heterocycles. The molecule has 4 rings (SSSR count). The second-order valence-corrected chi connectivity index (χ2v) is 4.71. The highest BCUT2D eigenvalue weighted by atomic mass is 16.4. The lowest BCUT2D eigenvalue weighted by atomic mass is 10.1. The van der Waals surface area contributed by atoms with Crippen LogP contribution < -0.4 is 11.3 Å².